The second-order valence-electron chi connectivity index (χ2n) is 12.4. The maximum Gasteiger partial charge on any atom is 0.0560 e. The summed E-state index contributed by atoms with van der Waals surface area (Å²) in [6.07, 6.45) is 18.0. The first-order valence-electron chi connectivity index (χ1n) is 16.2. The van der Waals surface area contributed by atoms with Crippen LogP contribution in [0.2, 0.25) is 0 Å². The quantitative estimate of drug-likeness (QED) is 0.184. The average Bonchev–Trinajstić information content (AvgIpc) is 3.62. The predicted molar refractivity (Wildman–Crippen MR) is 191 cm³/mol. The molecule has 0 saturated carbocycles. The van der Waals surface area contributed by atoms with Crippen LogP contribution in [-0.4, -0.2) is 9.13 Å². The summed E-state index contributed by atoms with van der Waals surface area (Å²) in [5, 5.41) is 5.22. The number of nitrogens with zero attached hydrogens (tertiary/aromatic N) is 3. The van der Waals surface area contributed by atoms with Gasteiger partial charge in [-0.25, -0.2) is 0 Å². The Bertz CT molecular complexity index is 2300. The number of aromatic nitrogens is 2. The molecule has 2 aliphatic carbocycles. The van der Waals surface area contributed by atoms with Gasteiger partial charge in [-0.15, -0.1) is 0 Å². The van der Waals surface area contributed by atoms with Crippen LogP contribution in [-0.2, 0) is 0 Å². The zero-order valence-corrected chi connectivity index (χ0v) is 25.3. The number of rotatable bonds is 5. The summed E-state index contributed by atoms with van der Waals surface area (Å²) >= 11 is 0. The molecule has 3 nitrogen and oxygen atoms in total. The van der Waals surface area contributed by atoms with Crippen molar-refractivity contribution in [3.63, 3.8) is 0 Å². The molecule has 0 N–H and O–H groups in total. The highest BCUT2D eigenvalue weighted by Gasteiger charge is 2.22. The number of hydrogen-bond donors (Lipinski definition) is 0. The molecule has 0 bridgehead atoms. The molecule has 2 atom stereocenters. The lowest BCUT2D eigenvalue weighted by molar-refractivity contribution is 0.485. The molecule has 3 heteroatoms. The molecule has 2 unspecified atom stereocenters. The van der Waals surface area contributed by atoms with Crippen molar-refractivity contribution in [1.82, 2.24) is 9.13 Å². The molecule has 2 aliphatic rings. The highest BCUT2D eigenvalue weighted by Crippen LogP contribution is 2.43. The molecule has 0 radical (unpaired) electrons. The Balaban J connectivity index is 1.25. The Kier molecular flexibility index (Phi) is 6.22. The number of anilines is 3. The van der Waals surface area contributed by atoms with Gasteiger partial charge in [-0.2, -0.15) is 0 Å². The Hall–Kier alpha value is -5.28. The normalized spacial score (nSPS) is 18.0. The SMILES string of the molecule is C1=CCC(n2c3ccccc3c3cc(N(c4ccccc4)c4ccc5c(c4)c4ccccc4n5C4CC=CCC4)ccc32)C=C1. The van der Waals surface area contributed by atoms with Crippen molar-refractivity contribution in [2.24, 2.45) is 0 Å². The van der Waals surface area contributed by atoms with Crippen LogP contribution < -0.4 is 4.90 Å². The summed E-state index contributed by atoms with van der Waals surface area (Å²) in [5.41, 5.74) is 8.70. The van der Waals surface area contributed by atoms with E-state index in [0.29, 0.717) is 12.1 Å². The predicted octanol–water partition coefficient (Wildman–Crippen LogP) is 11.7. The molecular formula is C42H35N3. The van der Waals surface area contributed by atoms with Crippen LogP contribution >= 0.6 is 0 Å². The van der Waals surface area contributed by atoms with Gasteiger partial charge in [0.2, 0.25) is 0 Å². The topological polar surface area (TPSA) is 13.1 Å². The molecule has 0 saturated heterocycles. The van der Waals surface area contributed by atoms with Crippen LogP contribution in [0.5, 0.6) is 0 Å². The lowest BCUT2D eigenvalue weighted by atomic mass is 10.0. The van der Waals surface area contributed by atoms with Crippen LogP contribution in [0.1, 0.15) is 37.8 Å². The fraction of sp³-hybridized carbons (Fsp3) is 0.143. The first-order valence-corrected chi connectivity index (χ1v) is 16.2. The Morgan fingerprint density at radius 2 is 1.11 bits per heavy atom. The summed E-state index contributed by atoms with van der Waals surface area (Å²) in [6, 6.07) is 43.5. The lowest BCUT2D eigenvalue weighted by Gasteiger charge is -2.26. The van der Waals surface area contributed by atoms with Gasteiger partial charge < -0.3 is 14.0 Å². The van der Waals surface area contributed by atoms with Gasteiger partial charge in [0.05, 0.1) is 6.04 Å². The zero-order valence-electron chi connectivity index (χ0n) is 25.3. The summed E-state index contributed by atoms with van der Waals surface area (Å²) in [4.78, 5) is 2.42. The van der Waals surface area contributed by atoms with Crippen molar-refractivity contribution < 1.29 is 0 Å². The van der Waals surface area contributed by atoms with E-state index in [0.717, 1.165) is 30.6 Å². The standard InChI is InChI=1S/C42H35N3/c1-4-14-30(15-5-1)43(33-24-26-41-37(28-33)35-20-10-12-22-39(35)44(41)31-16-6-2-7-17-31)34-25-27-42-38(29-34)36-21-11-13-23-40(36)45(42)32-18-8-3-9-19-32/h1-8,10-16,20-29,31-32H,9,17-19H2. The van der Waals surface area contributed by atoms with Crippen LogP contribution in [0, 0.1) is 0 Å². The molecule has 218 valence electrons. The Morgan fingerprint density at radius 3 is 1.76 bits per heavy atom. The molecule has 0 spiro atoms. The van der Waals surface area contributed by atoms with E-state index < -0.39 is 0 Å². The molecule has 9 rings (SSSR count). The number of allylic oxidation sites excluding steroid dienone is 6. The first-order chi connectivity index (χ1) is 22.3. The van der Waals surface area contributed by atoms with Gasteiger partial charge in [-0.05, 0) is 86.3 Å². The van der Waals surface area contributed by atoms with E-state index in [1.165, 1.54) is 55.7 Å². The number of para-hydroxylation sites is 3. The highest BCUT2D eigenvalue weighted by atomic mass is 15.1. The van der Waals surface area contributed by atoms with Crippen LogP contribution in [0.15, 0.2) is 152 Å². The van der Waals surface area contributed by atoms with Gasteiger partial charge in [0, 0.05) is 66.7 Å². The molecule has 0 amide bonds. The Labute approximate surface area is 263 Å². The smallest absolute Gasteiger partial charge is 0.0560 e. The van der Waals surface area contributed by atoms with E-state index in [1.54, 1.807) is 0 Å². The van der Waals surface area contributed by atoms with Gasteiger partial charge in [0.25, 0.3) is 0 Å². The summed E-state index contributed by atoms with van der Waals surface area (Å²) in [7, 11) is 0. The molecule has 0 fully saturated rings. The maximum atomic E-state index is 2.60. The van der Waals surface area contributed by atoms with E-state index >= 15 is 0 Å². The Morgan fingerprint density at radius 1 is 0.489 bits per heavy atom. The second-order valence-corrected chi connectivity index (χ2v) is 12.4. The average molecular weight is 582 g/mol. The molecule has 2 aromatic heterocycles. The minimum Gasteiger partial charge on any atom is -0.337 e. The summed E-state index contributed by atoms with van der Waals surface area (Å²) < 4.78 is 5.11. The minimum atomic E-state index is 0.313. The van der Waals surface area contributed by atoms with E-state index in [1.807, 2.05) is 0 Å². The summed E-state index contributed by atoms with van der Waals surface area (Å²) in [5.74, 6) is 0. The lowest BCUT2D eigenvalue weighted by Crippen LogP contribution is -2.11. The van der Waals surface area contributed by atoms with Crippen molar-refractivity contribution in [3.05, 3.63) is 152 Å². The van der Waals surface area contributed by atoms with Gasteiger partial charge in [-0.1, -0.05) is 91.1 Å². The summed E-state index contributed by atoms with van der Waals surface area (Å²) in [6.45, 7) is 0. The maximum absolute atomic E-state index is 2.60. The van der Waals surface area contributed by atoms with Crippen LogP contribution in [0.4, 0.5) is 17.1 Å². The molecule has 7 aromatic rings. The largest absolute Gasteiger partial charge is 0.337 e. The third-order valence-electron chi connectivity index (χ3n) is 9.81. The highest BCUT2D eigenvalue weighted by molar-refractivity contribution is 6.11. The van der Waals surface area contributed by atoms with Gasteiger partial charge in [0.15, 0.2) is 0 Å². The molecular weight excluding hydrogens is 546 g/mol. The van der Waals surface area contributed by atoms with Gasteiger partial charge in [-0.3, -0.25) is 0 Å². The van der Waals surface area contributed by atoms with Gasteiger partial charge >= 0.3 is 0 Å². The number of hydrogen-bond acceptors (Lipinski definition) is 1. The third-order valence-corrected chi connectivity index (χ3v) is 9.81. The third kappa shape index (κ3) is 4.26. The van der Waals surface area contributed by atoms with E-state index in [4.69, 9.17) is 0 Å². The fourth-order valence-corrected chi connectivity index (χ4v) is 7.81. The van der Waals surface area contributed by atoms with Crippen LogP contribution in [0.3, 0.4) is 0 Å². The zero-order chi connectivity index (χ0) is 29.7. The van der Waals surface area contributed by atoms with Crippen molar-refractivity contribution in [2.75, 3.05) is 4.90 Å². The van der Waals surface area contributed by atoms with Crippen molar-refractivity contribution in [2.45, 2.75) is 37.8 Å². The molecule has 2 heterocycles. The van der Waals surface area contributed by atoms with E-state index in [9.17, 15) is 0 Å². The second kappa shape index (κ2) is 10.7. The molecule has 45 heavy (non-hydrogen) atoms. The van der Waals surface area contributed by atoms with Crippen molar-refractivity contribution in [3.8, 4) is 0 Å². The van der Waals surface area contributed by atoms with Crippen LogP contribution in [0.25, 0.3) is 43.6 Å². The monoisotopic (exact) mass is 581 g/mol. The minimum absolute atomic E-state index is 0.313. The fourth-order valence-electron chi connectivity index (χ4n) is 7.81. The van der Waals surface area contributed by atoms with Gasteiger partial charge in [0.1, 0.15) is 0 Å². The first kappa shape index (κ1) is 26.2. The molecule has 5 aromatic carbocycles. The van der Waals surface area contributed by atoms with E-state index in [-0.39, 0.29) is 0 Å². The molecule has 0 aliphatic heterocycles. The van der Waals surface area contributed by atoms with Crippen molar-refractivity contribution >= 4 is 60.7 Å². The van der Waals surface area contributed by atoms with Crippen molar-refractivity contribution in [1.29, 1.82) is 0 Å². The number of fused-ring (bicyclic) bond motifs is 6. The van der Waals surface area contributed by atoms with E-state index in [2.05, 4.69) is 166 Å². The number of benzene rings is 5.